The van der Waals surface area contributed by atoms with Crippen molar-refractivity contribution in [3.8, 4) is 11.5 Å². The minimum absolute atomic E-state index is 0.0717. The molecule has 4 rings (SSSR count). The molecular weight excluding hydrogens is 374 g/mol. The van der Waals surface area contributed by atoms with Crippen LogP contribution in [0.3, 0.4) is 0 Å². The molecule has 2 aromatic rings. The van der Waals surface area contributed by atoms with Gasteiger partial charge in [0.1, 0.15) is 0 Å². The topological polar surface area (TPSA) is 90.9 Å². The van der Waals surface area contributed by atoms with Crippen LogP contribution in [0.1, 0.15) is 47.1 Å². The molecule has 1 atom stereocenters. The number of carbonyl (C=O) groups excluding carboxylic acids is 2. The molecule has 0 N–H and O–H groups in total. The molecule has 0 radical (unpaired) electrons. The van der Waals surface area contributed by atoms with E-state index in [4.69, 9.17) is 14.2 Å². The lowest BCUT2D eigenvalue weighted by atomic mass is 10.0. The van der Waals surface area contributed by atoms with Crippen molar-refractivity contribution < 1.29 is 23.8 Å². The first-order valence-corrected chi connectivity index (χ1v) is 9.76. The number of fused-ring (bicyclic) bond motifs is 1. The average Bonchev–Trinajstić information content (AvgIpc) is 3.11. The normalized spacial score (nSPS) is 18.2. The van der Waals surface area contributed by atoms with Gasteiger partial charge < -0.3 is 19.1 Å². The highest BCUT2D eigenvalue weighted by molar-refractivity contribution is 5.89. The molecule has 3 heterocycles. The van der Waals surface area contributed by atoms with Crippen LogP contribution in [0.5, 0.6) is 11.5 Å². The molecule has 0 spiro atoms. The highest BCUT2D eigenvalue weighted by Crippen LogP contribution is 2.37. The van der Waals surface area contributed by atoms with Crippen LogP contribution in [-0.2, 0) is 9.53 Å². The van der Waals surface area contributed by atoms with E-state index in [2.05, 4.69) is 9.97 Å². The second-order valence-corrected chi connectivity index (χ2v) is 7.12. The first kappa shape index (κ1) is 19.2. The molecule has 1 fully saturated rings. The maximum absolute atomic E-state index is 12.7. The summed E-state index contributed by atoms with van der Waals surface area (Å²) >= 11 is 0. The number of amides is 1. The van der Waals surface area contributed by atoms with Gasteiger partial charge in [-0.1, -0.05) is 6.07 Å². The van der Waals surface area contributed by atoms with E-state index in [0.29, 0.717) is 31.2 Å². The fraction of sp³-hybridized carbons (Fsp3) is 0.429. The molecule has 0 saturated carbocycles. The number of hydrogen-bond acceptors (Lipinski definition) is 7. The Bertz CT molecular complexity index is 900. The standard InChI is InChI=1S/C21H23N3O5/c1-14-11-23-16(12-22-14)21(26)29-13-20(25)24-7-2-4-17(24)15-5-6-18-19(10-15)28-9-3-8-27-18/h5-6,10-12,17H,2-4,7-9,13H2,1H3. The van der Waals surface area contributed by atoms with Crippen LogP contribution in [0.2, 0.25) is 0 Å². The van der Waals surface area contributed by atoms with Gasteiger partial charge in [-0.2, -0.15) is 0 Å². The zero-order valence-corrected chi connectivity index (χ0v) is 16.3. The van der Waals surface area contributed by atoms with E-state index in [1.54, 1.807) is 11.8 Å². The van der Waals surface area contributed by atoms with E-state index >= 15 is 0 Å². The van der Waals surface area contributed by atoms with Crippen LogP contribution in [0, 0.1) is 6.92 Å². The van der Waals surface area contributed by atoms with Crippen molar-refractivity contribution in [1.29, 1.82) is 0 Å². The van der Waals surface area contributed by atoms with Gasteiger partial charge in [0.2, 0.25) is 0 Å². The second kappa shape index (κ2) is 8.46. The first-order chi connectivity index (χ1) is 14.1. The quantitative estimate of drug-likeness (QED) is 0.732. The van der Waals surface area contributed by atoms with Crippen LogP contribution in [0.25, 0.3) is 0 Å². The molecule has 1 unspecified atom stereocenters. The van der Waals surface area contributed by atoms with Gasteiger partial charge in [0.25, 0.3) is 5.91 Å². The number of likely N-dealkylation sites (tertiary alicyclic amines) is 1. The second-order valence-electron chi connectivity index (χ2n) is 7.12. The minimum atomic E-state index is -0.655. The van der Waals surface area contributed by atoms with E-state index < -0.39 is 5.97 Å². The van der Waals surface area contributed by atoms with Gasteiger partial charge in [0.15, 0.2) is 23.8 Å². The smallest absolute Gasteiger partial charge is 0.359 e. The Balaban J connectivity index is 1.41. The van der Waals surface area contributed by atoms with Gasteiger partial charge in [-0.3, -0.25) is 9.78 Å². The molecule has 0 bridgehead atoms. The van der Waals surface area contributed by atoms with Crippen molar-refractivity contribution in [3.63, 3.8) is 0 Å². The van der Waals surface area contributed by atoms with Gasteiger partial charge >= 0.3 is 5.97 Å². The van der Waals surface area contributed by atoms with E-state index in [1.807, 2.05) is 18.2 Å². The lowest BCUT2D eigenvalue weighted by Crippen LogP contribution is -2.34. The fourth-order valence-electron chi connectivity index (χ4n) is 3.58. The van der Waals surface area contributed by atoms with Crippen molar-refractivity contribution in [2.45, 2.75) is 32.2 Å². The molecule has 8 heteroatoms. The lowest BCUT2D eigenvalue weighted by molar-refractivity contribution is -0.135. The minimum Gasteiger partial charge on any atom is -0.490 e. The Morgan fingerprint density at radius 3 is 2.76 bits per heavy atom. The predicted octanol–water partition coefficient (Wildman–Crippen LogP) is 2.47. The monoisotopic (exact) mass is 397 g/mol. The van der Waals surface area contributed by atoms with Crippen molar-refractivity contribution in [2.75, 3.05) is 26.4 Å². The summed E-state index contributed by atoms with van der Waals surface area (Å²) in [4.78, 5) is 34.6. The number of aryl methyl sites for hydroxylation is 1. The highest BCUT2D eigenvalue weighted by Gasteiger charge is 2.31. The SMILES string of the molecule is Cc1cnc(C(=O)OCC(=O)N2CCCC2c2ccc3c(c2)OCCCO3)cn1. The number of aromatic nitrogens is 2. The lowest BCUT2D eigenvalue weighted by Gasteiger charge is -2.25. The Labute approximate surface area is 168 Å². The molecule has 8 nitrogen and oxygen atoms in total. The van der Waals surface area contributed by atoms with Crippen LogP contribution in [-0.4, -0.2) is 53.1 Å². The number of hydrogen-bond donors (Lipinski definition) is 0. The third kappa shape index (κ3) is 4.31. The average molecular weight is 397 g/mol. The predicted molar refractivity (Wildman–Crippen MR) is 103 cm³/mol. The number of esters is 1. The van der Waals surface area contributed by atoms with Gasteiger partial charge in [-0.15, -0.1) is 0 Å². The zero-order chi connectivity index (χ0) is 20.2. The molecule has 2 aliphatic heterocycles. The van der Waals surface area contributed by atoms with Gasteiger partial charge in [-0.05, 0) is 37.5 Å². The number of carbonyl (C=O) groups is 2. The van der Waals surface area contributed by atoms with Crippen molar-refractivity contribution >= 4 is 11.9 Å². The summed E-state index contributed by atoms with van der Waals surface area (Å²) < 4.78 is 16.6. The molecule has 0 aliphatic carbocycles. The molecule has 1 aromatic carbocycles. The van der Waals surface area contributed by atoms with Gasteiger partial charge in [0.05, 0.1) is 31.1 Å². The Hall–Kier alpha value is -3.16. The summed E-state index contributed by atoms with van der Waals surface area (Å²) in [6, 6.07) is 5.74. The maximum Gasteiger partial charge on any atom is 0.359 e. The van der Waals surface area contributed by atoms with Gasteiger partial charge in [-0.25, -0.2) is 9.78 Å². The maximum atomic E-state index is 12.7. The van der Waals surface area contributed by atoms with E-state index in [0.717, 1.165) is 30.6 Å². The summed E-state index contributed by atoms with van der Waals surface area (Å²) in [5.41, 5.74) is 1.78. The summed E-state index contributed by atoms with van der Waals surface area (Å²) in [7, 11) is 0. The highest BCUT2D eigenvalue weighted by atomic mass is 16.5. The van der Waals surface area contributed by atoms with Crippen molar-refractivity contribution in [1.82, 2.24) is 14.9 Å². The number of nitrogens with zero attached hydrogens (tertiary/aromatic N) is 3. The van der Waals surface area contributed by atoms with Crippen LogP contribution < -0.4 is 9.47 Å². The molecule has 1 aromatic heterocycles. The summed E-state index contributed by atoms with van der Waals surface area (Å²) in [6.45, 7) is 3.33. The molecule has 2 aliphatic rings. The Morgan fingerprint density at radius 1 is 1.14 bits per heavy atom. The molecule has 1 saturated heterocycles. The van der Waals surface area contributed by atoms with Gasteiger partial charge in [0, 0.05) is 19.2 Å². The molecule has 29 heavy (non-hydrogen) atoms. The van der Waals surface area contributed by atoms with E-state index in [-0.39, 0.29) is 24.2 Å². The van der Waals surface area contributed by atoms with E-state index in [9.17, 15) is 9.59 Å². The third-order valence-corrected chi connectivity index (χ3v) is 5.05. The zero-order valence-electron chi connectivity index (χ0n) is 16.3. The van der Waals surface area contributed by atoms with Crippen LogP contribution in [0.4, 0.5) is 0 Å². The molecule has 1 amide bonds. The summed E-state index contributed by atoms with van der Waals surface area (Å²) in [6.07, 6.45) is 5.41. The van der Waals surface area contributed by atoms with Crippen LogP contribution >= 0.6 is 0 Å². The number of benzene rings is 1. The summed E-state index contributed by atoms with van der Waals surface area (Å²) in [5, 5.41) is 0. The number of ether oxygens (including phenoxy) is 3. The largest absolute Gasteiger partial charge is 0.490 e. The van der Waals surface area contributed by atoms with Crippen molar-refractivity contribution in [3.05, 3.63) is 47.5 Å². The molecular formula is C21H23N3O5. The third-order valence-electron chi connectivity index (χ3n) is 5.05. The molecule has 152 valence electrons. The number of rotatable bonds is 4. The van der Waals surface area contributed by atoms with Crippen LogP contribution in [0.15, 0.2) is 30.6 Å². The Morgan fingerprint density at radius 2 is 1.97 bits per heavy atom. The van der Waals surface area contributed by atoms with Crippen molar-refractivity contribution in [2.24, 2.45) is 0 Å². The first-order valence-electron chi connectivity index (χ1n) is 9.76. The Kier molecular flexibility index (Phi) is 5.59. The summed E-state index contributed by atoms with van der Waals surface area (Å²) in [5.74, 6) is 0.559. The fourth-order valence-corrected chi connectivity index (χ4v) is 3.58. The van der Waals surface area contributed by atoms with E-state index in [1.165, 1.54) is 12.4 Å².